The summed E-state index contributed by atoms with van der Waals surface area (Å²) in [6, 6.07) is 6.44. The summed E-state index contributed by atoms with van der Waals surface area (Å²) in [7, 11) is -3.84. The number of ether oxygens (including phenoxy) is 3. The number of carbonyl (C=O) groups excluding carboxylic acids is 2. The highest BCUT2D eigenvalue weighted by Crippen LogP contribution is 2.46. The highest BCUT2D eigenvalue weighted by Gasteiger charge is 2.57. The second-order valence-corrected chi connectivity index (χ2v) is 30.3. The summed E-state index contributed by atoms with van der Waals surface area (Å²) in [6.45, 7) is 30.6. The lowest BCUT2D eigenvalue weighted by molar-refractivity contribution is -0.166. The number of hydrogen-bond acceptors (Lipinski definition) is 12. The Labute approximate surface area is 365 Å². The number of nitrogens with two attached hydrogens (primary N) is 1. The maximum atomic E-state index is 14.5. The fourth-order valence-corrected chi connectivity index (χ4v) is 9.03. The summed E-state index contributed by atoms with van der Waals surface area (Å²) in [4.78, 5) is 54.6. The number of nitrogens with one attached hydrogen (secondary N) is 2. The van der Waals surface area contributed by atoms with Gasteiger partial charge in [-0.3, -0.25) is 23.5 Å². The first-order chi connectivity index (χ1) is 27.9. The Hall–Kier alpha value is -3.17. The molecule has 5 N–H and O–H groups in total. The lowest BCUT2D eigenvalue weighted by atomic mass is 9.99. The summed E-state index contributed by atoms with van der Waals surface area (Å²) < 4.78 is 34.9. The van der Waals surface area contributed by atoms with Crippen LogP contribution >= 0.6 is 0 Å². The molecule has 1 aliphatic rings. The van der Waals surface area contributed by atoms with Crippen molar-refractivity contribution >= 4 is 28.5 Å². The van der Waals surface area contributed by atoms with Crippen molar-refractivity contribution in [3.05, 3.63) is 62.9 Å². The molecule has 61 heavy (non-hydrogen) atoms. The van der Waals surface area contributed by atoms with E-state index in [-0.39, 0.29) is 41.5 Å². The minimum Gasteiger partial charge on any atom is -0.497 e. The van der Waals surface area contributed by atoms with Crippen LogP contribution in [0.3, 0.4) is 0 Å². The predicted octanol–water partition coefficient (Wildman–Crippen LogP) is 5.29. The van der Waals surface area contributed by atoms with E-state index in [1.54, 1.807) is 52.1 Å². The van der Waals surface area contributed by atoms with E-state index in [9.17, 15) is 24.3 Å². The zero-order valence-electron chi connectivity index (χ0n) is 39.7. The molecular formula is C44H77N5O10Si2. The minimum atomic E-state index is -2.71. The van der Waals surface area contributed by atoms with Gasteiger partial charge >= 0.3 is 11.7 Å². The van der Waals surface area contributed by atoms with Crippen LogP contribution in [-0.4, -0.2) is 105 Å². The average molecular weight is 892 g/mol. The molecule has 2 unspecified atom stereocenters. The Morgan fingerprint density at radius 1 is 0.885 bits per heavy atom. The minimum absolute atomic E-state index is 0.0202. The van der Waals surface area contributed by atoms with Crippen LogP contribution < -0.4 is 32.4 Å². The predicted molar refractivity (Wildman–Crippen MR) is 244 cm³/mol. The summed E-state index contributed by atoms with van der Waals surface area (Å²) in [5, 5.41) is 18.0. The molecule has 1 saturated heterocycles. The van der Waals surface area contributed by atoms with Crippen molar-refractivity contribution < 1.29 is 37.8 Å². The first-order valence-corrected chi connectivity index (χ1v) is 27.4. The SMILES string of the molecule is COc1ccc(Cn2c(=O)ccn([C@@H]3O[C@H]([C@H](O)[C@H](NCCCNC(=O)[C@@H](N)CC(C)C)C(=O)OC(C)(C)C)C(O[Si](C)(C)C(C)(C)C)C3O[Si](C)(C)C(C)(C)C)c2=O)cc1. The van der Waals surface area contributed by atoms with Crippen molar-refractivity contribution in [3.63, 3.8) is 0 Å². The van der Waals surface area contributed by atoms with Crippen LogP contribution in [0.4, 0.5) is 0 Å². The molecule has 0 radical (unpaired) electrons. The zero-order chi connectivity index (χ0) is 46.5. The number of aliphatic hydroxyl groups is 1. The van der Waals surface area contributed by atoms with E-state index < -0.39 is 82.2 Å². The summed E-state index contributed by atoms with van der Waals surface area (Å²) in [6.07, 6.45) is -3.55. The molecule has 0 bridgehead atoms. The van der Waals surface area contributed by atoms with Crippen LogP contribution in [-0.2, 0) is 34.5 Å². The van der Waals surface area contributed by atoms with Crippen molar-refractivity contribution in [2.24, 2.45) is 11.7 Å². The Morgan fingerprint density at radius 2 is 1.44 bits per heavy atom. The number of esters is 1. The second-order valence-electron chi connectivity index (χ2n) is 20.8. The molecule has 2 aromatic rings. The van der Waals surface area contributed by atoms with Gasteiger partial charge in [0.1, 0.15) is 41.8 Å². The number of carbonyl (C=O) groups is 2. The molecule has 17 heteroatoms. The van der Waals surface area contributed by atoms with Crippen molar-refractivity contribution in [3.8, 4) is 5.75 Å². The van der Waals surface area contributed by atoms with Gasteiger partial charge < -0.3 is 44.5 Å². The van der Waals surface area contributed by atoms with Crippen molar-refractivity contribution in [1.82, 2.24) is 19.8 Å². The number of aliphatic hydroxyl groups excluding tert-OH is 1. The van der Waals surface area contributed by atoms with Gasteiger partial charge in [-0.25, -0.2) is 4.79 Å². The fourth-order valence-electron chi connectivity index (χ4n) is 6.44. The van der Waals surface area contributed by atoms with Gasteiger partial charge in [-0.15, -0.1) is 0 Å². The number of methoxy groups -OCH3 is 1. The van der Waals surface area contributed by atoms with Gasteiger partial charge in [0.25, 0.3) is 5.56 Å². The number of nitrogens with zero attached hydrogens (tertiary/aromatic N) is 2. The van der Waals surface area contributed by atoms with E-state index >= 15 is 0 Å². The van der Waals surface area contributed by atoms with Crippen molar-refractivity contribution in [2.75, 3.05) is 20.2 Å². The first-order valence-electron chi connectivity index (χ1n) is 21.5. The smallest absolute Gasteiger partial charge is 0.333 e. The standard InChI is InChI=1S/C44H77N5O10Si2/c1-28(2)26-31(45)38(52)47-24-17-23-46-33(40(53)57-42(3,4)5)34(51)35-36(58-60(13,14)43(6,7)8)37(59-61(15,16)44(9,10)11)39(56-35)48-25-22-32(50)49(41(48)54)27-29-18-20-30(55-12)21-19-29/h18-22,25,28,31,33-37,39,46,51H,17,23-24,26-27,45H2,1-16H3,(H,47,52)/t31-,33-,34+,35+,36?,37?,39+/m0/s1. The van der Waals surface area contributed by atoms with E-state index in [1.807, 2.05) is 13.8 Å². The Balaban J connectivity index is 2.18. The summed E-state index contributed by atoms with van der Waals surface area (Å²) in [5.74, 6) is -0.0752. The van der Waals surface area contributed by atoms with E-state index in [4.69, 9.17) is 28.8 Å². The average Bonchev–Trinajstić information content (AvgIpc) is 3.45. The lowest BCUT2D eigenvalue weighted by Crippen LogP contribution is -2.59. The van der Waals surface area contributed by atoms with E-state index in [0.29, 0.717) is 24.2 Å². The Bertz CT molecular complexity index is 1880. The third kappa shape index (κ3) is 13.9. The van der Waals surface area contributed by atoms with Gasteiger partial charge in [-0.2, -0.15) is 0 Å². The van der Waals surface area contributed by atoms with Crippen LogP contribution in [0.5, 0.6) is 5.75 Å². The number of rotatable bonds is 19. The van der Waals surface area contributed by atoms with Gasteiger partial charge in [0.2, 0.25) is 5.91 Å². The molecule has 15 nitrogen and oxygen atoms in total. The highest BCUT2D eigenvalue weighted by atomic mass is 28.4. The van der Waals surface area contributed by atoms with Gasteiger partial charge in [-0.1, -0.05) is 67.5 Å². The van der Waals surface area contributed by atoms with Crippen LogP contribution in [0.2, 0.25) is 36.3 Å². The second kappa shape index (κ2) is 20.6. The molecule has 0 spiro atoms. The largest absolute Gasteiger partial charge is 0.497 e. The zero-order valence-corrected chi connectivity index (χ0v) is 41.7. The first kappa shape index (κ1) is 52.2. The van der Waals surface area contributed by atoms with Crippen LogP contribution in [0, 0.1) is 5.92 Å². The monoisotopic (exact) mass is 892 g/mol. The fraction of sp³-hybridized carbons (Fsp3) is 0.727. The molecule has 2 heterocycles. The molecular weight excluding hydrogens is 815 g/mol. The topological polar surface area (TPSA) is 195 Å². The summed E-state index contributed by atoms with van der Waals surface area (Å²) >= 11 is 0. The molecule has 1 aromatic carbocycles. The molecule has 1 aromatic heterocycles. The van der Waals surface area contributed by atoms with E-state index in [1.165, 1.54) is 16.8 Å². The van der Waals surface area contributed by atoms with Gasteiger partial charge in [0.15, 0.2) is 22.9 Å². The van der Waals surface area contributed by atoms with Crippen LogP contribution in [0.1, 0.15) is 101 Å². The normalized spacial score (nSPS) is 20.6. The quantitative estimate of drug-likeness (QED) is 0.0811. The molecule has 7 atom stereocenters. The molecule has 1 fully saturated rings. The van der Waals surface area contributed by atoms with Crippen LogP contribution in [0.15, 0.2) is 46.1 Å². The maximum Gasteiger partial charge on any atom is 0.333 e. The van der Waals surface area contributed by atoms with Gasteiger partial charge in [-0.05, 0) is 100 Å². The maximum absolute atomic E-state index is 14.5. The number of aromatic nitrogens is 2. The van der Waals surface area contributed by atoms with E-state index in [2.05, 4.69) is 78.4 Å². The van der Waals surface area contributed by atoms with Crippen molar-refractivity contribution in [1.29, 1.82) is 0 Å². The van der Waals surface area contributed by atoms with E-state index in [0.717, 1.165) is 4.57 Å². The molecule has 346 valence electrons. The third-order valence-electron chi connectivity index (χ3n) is 12.0. The number of hydrogen-bond donors (Lipinski definition) is 4. The molecule has 0 aliphatic carbocycles. The molecule has 3 rings (SSSR count). The number of benzene rings is 1. The Morgan fingerprint density at radius 3 is 1.95 bits per heavy atom. The Kier molecular flexibility index (Phi) is 17.6. The van der Waals surface area contributed by atoms with Gasteiger partial charge in [0.05, 0.1) is 19.7 Å². The number of amides is 1. The lowest BCUT2D eigenvalue weighted by Gasteiger charge is -2.44. The molecule has 0 saturated carbocycles. The molecule has 1 amide bonds. The van der Waals surface area contributed by atoms with Crippen molar-refractivity contribution in [2.45, 2.75) is 180 Å². The van der Waals surface area contributed by atoms with Gasteiger partial charge in [0, 0.05) is 18.8 Å². The summed E-state index contributed by atoms with van der Waals surface area (Å²) in [5.41, 5.74) is 4.73. The molecule has 1 aliphatic heterocycles. The highest BCUT2D eigenvalue weighted by molar-refractivity contribution is 6.74. The third-order valence-corrected chi connectivity index (χ3v) is 20.9. The van der Waals surface area contributed by atoms with Crippen LogP contribution in [0.25, 0.3) is 0 Å².